The molecule has 2 saturated heterocycles. The number of hydrogen-bond donors (Lipinski definition) is 16. The molecule has 32 heteroatoms. The minimum absolute atomic E-state index is 0.00467. The van der Waals surface area contributed by atoms with Crippen LogP contribution in [-0.2, 0) is 85.0 Å². The number of guanidine groups is 1. The van der Waals surface area contributed by atoms with Crippen molar-refractivity contribution in [2.45, 2.75) is 145 Å². The molecule has 32 nitrogen and oxygen atoms in total. The minimum atomic E-state index is -1.81. The summed E-state index contributed by atoms with van der Waals surface area (Å²) in [5.41, 5.74) is 19.9. The maximum absolute atomic E-state index is 15.2. The van der Waals surface area contributed by atoms with E-state index in [9.17, 15) is 53.4 Å². The van der Waals surface area contributed by atoms with E-state index in [0.29, 0.717) is 39.8 Å². The molecule has 11 amide bonds. The third-order valence-electron chi connectivity index (χ3n) is 16.7. The van der Waals surface area contributed by atoms with Crippen molar-refractivity contribution in [3.63, 3.8) is 0 Å². The number of carbonyl (C=O) groups is 11. The number of amides is 11. The summed E-state index contributed by atoms with van der Waals surface area (Å²) >= 11 is 0. The molecule has 0 saturated carbocycles. The number of fused-ring (bicyclic) bond motifs is 1. The Morgan fingerprint density at radius 1 is 0.663 bits per heavy atom. The predicted molar refractivity (Wildman–Crippen MR) is 356 cm³/mol. The number of carbonyl (C=O) groups excluding carboxylic acids is 11. The number of nitrogens with zero attached hydrogens (tertiary/aromatic N) is 5. The van der Waals surface area contributed by atoms with E-state index in [-0.39, 0.29) is 107 Å². The van der Waals surface area contributed by atoms with Crippen LogP contribution in [0.1, 0.15) is 86.9 Å². The molecule has 98 heavy (non-hydrogen) atoms. The van der Waals surface area contributed by atoms with Gasteiger partial charge in [0.1, 0.15) is 60.1 Å². The van der Waals surface area contributed by atoms with Crippen LogP contribution in [0.4, 0.5) is 0 Å². The number of primary amides is 1. The first-order chi connectivity index (χ1) is 47.0. The average Bonchev–Trinajstić information content (AvgIpc) is 1.61. The van der Waals surface area contributed by atoms with Gasteiger partial charge in [0, 0.05) is 92.6 Å². The van der Waals surface area contributed by atoms with E-state index in [0.717, 1.165) is 5.56 Å². The number of para-hydroxylation sites is 1. The summed E-state index contributed by atoms with van der Waals surface area (Å²) in [5, 5.41) is 45.9. The second kappa shape index (κ2) is 35.0. The fourth-order valence-electron chi connectivity index (χ4n) is 11.7. The summed E-state index contributed by atoms with van der Waals surface area (Å²) in [7, 11) is 0. The Kier molecular flexibility index (Phi) is 25.9. The Balaban J connectivity index is 1.07. The third-order valence-corrected chi connectivity index (χ3v) is 16.7. The average molecular weight is 1350 g/mol. The van der Waals surface area contributed by atoms with Crippen LogP contribution < -0.4 is 65.1 Å². The molecule has 8 rings (SSSR count). The van der Waals surface area contributed by atoms with Gasteiger partial charge in [-0.3, -0.25) is 57.7 Å². The molecule has 0 bridgehead atoms. The molecule has 3 aromatic carbocycles. The van der Waals surface area contributed by atoms with Crippen LogP contribution in [0.25, 0.3) is 10.9 Å². The van der Waals surface area contributed by atoms with Crippen molar-refractivity contribution in [2.75, 3.05) is 26.2 Å². The molecule has 3 aromatic heterocycles. The van der Waals surface area contributed by atoms with Gasteiger partial charge in [-0.1, -0.05) is 74.5 Å². The zero-order valence-electron chi connectivity index (χ0n) is 54.3. The number of aromatic hydroxyl groups is 1. The zero-order valence-corrected chi connectivity index (χ0v) is 54.3. The van der Waals surface area contributed by atoms with Crippen LogP contribution >= 0.6 is 0 Å². The Morgan fingerprint density at radius 2 is 1.29 bits per heavy atom. The van der Waals surface area contributed by atoms with Crippen molar-refractivity contribution in [1.29, 1.82) is 0 Å². The molecule has 2 aliphatic heterocycles. The van der Waals surface area contributed by atoms with Crippen LogP contribution in [0.3, 0.4) is 0 Å². The van der Waals surface area contributed by atoms with Gasteiger partial charge in [-0.25, -0.2) is 9.97 Å². The van der Waals surface area contributed by atoms with E-state index < -0.39 is 127 Å². The highest BCUT2D eigenvalue weighted by atomic mass is 16.3. The number of phenols is 1. The van der Waals surface area contributed by atoms with E-state index in [1.165, 1.54) is 54.2 Å². The lowest BCUT2D eigenvalue weighted by Crippen LogP contribution is -2.61. The minimum Gasteiger partial charge on any atom is -0.508 e. The maximum Gasteiger partial charge on any atom is 0.245 e. The fourth-order valence-corrected chi connectivity index (χ4v) is 11.7. The largest absolute Gasteiger partial charge is 0.508 e. The SMILES string of the molecule is CC(C)C[C@H](NC(=O)[C@@H](Cc1cncn1Cc1ccccc1)NC(=O)[C@H](Cc1ccc(O)cc1)NC(=O)[C@H](CO)NC(=O)[C@H](Cc1c[nH]c2ccccc12)NC(=O)[C@H](Cc1cnc[nH]1)NC(=O)[C@@H]1CCC(=O)N1)C(=O)N[C@@H](CCCN=C(N)N)C(=O)N1CCC[C@H]1C(=O)NCC(N)=O. The predicted octanol–water partition coefficient (Wildman–Crippen LogP) is -2.53. The number of phenolic OH excluding ortho intramolecular Hbond substituents is 1. The second-order valence-electron chi connectivity index (χ2n) is 24.6. The maximum atomic E-state index is 15.2. The van der Waals surface area contributed by atoms with Crippen molar-refractivity contribution in [1.82, 2.24) is 77.3 Å². The molecule has 2 aliphatic rings. The van der Waals surface area contributed by atoms with E-state index in [2.05, 4.69) is 72.8 Å². The molecular formula is C66H85N19O13. The lowest BCUT2D eigenvalue weighted by molar-refractivity contribution is -0.142. The van der Waals surface area contributed by atoms with Crippen LogP contribution in [-0.4, -0.2) is 191 Å². The number of aromatic nitrogens is 5. The van der Waals surface area contributed by atoms with Crippen molar-refractivity contribution in [3.05, 3.63) is 138 Å². The second-order valence-corrected chi connectivity index (χ2v) is 24.6. The molecular weight excluding hydrogens is 1270 g/mol. The molecule has 0 spiro atoms. The lowest BCUT2D eigenvalue weighted by Gasteiger charge is -2.30. The molecule has 522 valence electrons. The zero-order chi connectivity index (χ0) is 70.4. The number of aromatic amines is 2. The van der Waals surface area contributed by atoms with Crippen LogP contribution in [0.5, 0.6) is 5.75 Å². The Morgan fingerprint density at radius 3 is 1.93 bits per heavy atom. The summed E-state index contributed by atoms with van der Waals surface area (Å²) in [5.74, 6) is -9.17. The number of aliphatic imine (C=N–C) groups is 1. The van der Waals surface area contributed by atoms with Gasteiger partial charge in [0.05, 0.1) is 25.8 Å². The molecule has 6 aromatic rings. The number of H-pyrrole nitrogens is 2. The first kappa shape index (κ1) is 72.6. The van der Waals surface area contributed by atoms with Crippen molar-refractivity contribution < 1.29 is 63.0 Å². The van der Waals surface area contributed by atoms with Crippen LogP contribution in [0.15, 0.2) is 115 Å². The number of aliphatic hydroxyl groups is 1. The summed E-state index contributed by atoms with van der Waals surface area (Å²) < 4.78 is 1.75. The Bertz CT molecular complexity index is 3800. The first-order valence-electron chi connectivity index (χ1n) is 32.3. The molecule has 5 heterocycles. The van der Waals surface area contributed by atoms with Gasteiger partial charge in [0.2, 0.25) is 65.0 Å². The molecule has 9 atom stereocenters. The van der Waals surface area contributed by atoms with Crippen molar-refractivity contribution in [2.24, 2.45) is 28.1 Å². The molecule has 0 unspecified atom stereocenters. The lowest BCUT2D eigenvalue weighted by atomic mass is 10.00. The first-order valence-corrected chi connectivity index (χ1v) is 32.3. The number of imidazole rings is 2. The van der Waals surface area contributed by atoms with Crippen LogP contribution in [0, 0.1) is 5.92 Å². The van der Waals surface area contributed by atoms with Gasteiger partial charge >= 0.3 is 0 Å². The van der Waals surface area contributed by atoms with Gasteiger partial charge in [0.25, 0.3) is 0 Å². The quantitative estimate of drug-likeness (QED) is 0.0111. The Labute approximate surface area is 563 Å². The Hall–Kier alpha value is -11.2. The van der Waals surface area contributed by atoms with Gasteiger partial charge in [0.15, 0.2) is 5.96 Å². The molecule has 19 N–H and O–H groups in total. The number of aliphatic hydroxyl groups excluding tert-OH is 1. The summed E-state index contributed by atoms with van der Waals surface area (Å²) in [6.07, 6.45) is 7.74. The molecule has 0 radical (unpaired) electrons. The van der Waals surface area contributed by atoms with E-state index in [1.807, 2.05) is 30.3 Å². The van der Waals surface area contributed by atoms with Gasteiger partial charge in [-0.2, -0.15) is 0 Å². The third kappa shape index (κ3) is 20.9. The molecule has 0 aliphatic carbocycles. The number of nitrogens with two attached hydrogens (primary N) is 3. The number of nitrogens with one attached hydrogen (secondary N) is 11. The number of likely N-dealkylation sites (tertiary alicyclic amines) is 1. The molecule has 2 fully saturated rings. The number of benzene rings is 3. The normalized spacial score (nSPS) is 16.4. The standard InChI is InChI=1S/C66H85N19O13/c1-37(2)24-48(58(91)77-47(14-8-22-72-66(68)69)65(98)85-23-9-15-54(85)64(97)74-32-55(67)88)78-62(95)52(28-42-31-71-36-84(42)33-39-10-4-3-5-11-39)82-59(92)49(25-38-16-18-43(87)19-17-38)79-63(96)53(34-86)83-60(93)50(26-40-29-73-45-13-7-6-12-44(40)45)80-61(94)51(27-41-30-70-35-75-41)81-57(90)46-20-21-56(89)76-46/h3-7,10-13,16-19,29-31,35-37,46-54,73,86-87H,8-9,14-15,20-28,32-34H2,1-2H3,(H2,67,88)(H,70,75)(H,74,97)(H,76,89)(H,77,91)(H,78,95)(H,79,96)(H,80,94)(H,81,90)(H,82,92)(H,83,93)(H4,68,69,72)/t46-,47-,48-,49-,50-,51-,52+,53-,54-/m0/s1. The summed E-state index contributed by atoms with van der Waals surface area (Å²) in [6, 6.07) is 9.74. The highest BCUT2D eigenvalue weighted by molar-refractivity contribution is 6.00. The topological polar surface area (TPSA) is 492 Å². The van der Waals surface area contributed by atoms with Gasteiger partial charge < -0.3 is 94.7 Å². The van der Waals surface area contributed by atoms with E-state index in [1.54, 1.807) is 48.9 Å². The fraction of sp³-hybridized carbons (Fsp3) is 0.424. The monoisotopic (exact) mass is 1350 g/mol. The number of hydrogen-bond acceptors (Lipinski definition) is 16. The summed E-state index contributed by atoms with van der Waals surface area (Å²) in [4.78, 5) is 174. The summed E-state index contributed by atoms with van der Waals surface area (Å²) in [6.45, 7) is 2.57. The van der Waals surface area contributed by atoms with E-state index >= 15 is 9.59 Å². The van der Waals surface area contributed by atoms with Crippen molar-refractivity contribution in [3.8, 4) is 5.75 Å². The van der Waals surface area contributed by atoms with Gasteiger partial charge in [-0.05, 0) is 79.3 Å². The van der Waals surface area contributed by atoms with Gasteiger partial charge in [-0.15, -0.1) is 0 Å². The smallest absolute Gasteiger partial charge is 0.245 e. The van der Waals surface area contributed by atoms with E-state index in [4.69, 9.17) is 17.2 Å². The highest BCUT2D eigenvalue weighted by Crippen LogP contribution is 2.23. The number of rotatable bonds is 35. The van der Waals surface area contributed by atoms with Crippen molar-refractivity contribution >= 4 is 81.8 Å². The van der Waals surface area contributed by atoms with Crippen LogP contribution in [0.2, 0.25) is 0 Å². The highest BCUT2D eigenvalue weighted by Gasteiger charge is 2.40.